The van der Waals surface area contributed by atoms with Crippen LogP contribution in [0.3, 0.4) is 0 Å². The van der Waals surface area contributed by atoms with E-state index in [-0.39, 0.29) is 11.8 Å². The molecule has 2 unspecified atom stereocenters. The maximum absolute atomic E-state index is 12.2. The minimum Gasteiger partial charge on any atom is -0.481 e. The third-order valence-corrected chi connectivity index (χ3v) is 5.11. The molecule has 0 spiro atoms. The number of carboxylic acids is 1. The van der Waals surface area contributed by atoms with Gasteiger partial charge in [0, 0.05) is 6.54 Å². The highest BCUT2D eigenvalue weighted by molar-refractivity contribution is 5.84. The van der Waals surface area contributed by atoms with Gasteiger partial charge in [-0.25, -0.2) is 0 Å². The van der Waals surface area contributed by atoms with Gasteiger partial charge >= 0.3 is 5.97 Å². The maximum atomic E-state index is 12.2. The van der Waals surface area contributed by atoms with E-state index in [0.717, 1.165) is 38.8 Å². The van der Waals surface area contributed by atoms with E-state index in [1.165, 1.54) is 12.8 Å². The van der Waals surface area contributed by atoms with Gasteiger partial charge < -0.3 is 15.3 Å². The summed E-state index contributed by atoms with van der Waals surface area (Å²) < 4.78 is 0. The number of nitrogens with zero attached hydrogens (tertiary/aromatic N) is 1. The molecule has 21 heavy (non-hydrogen) atoms. The SMILES string of the molecule is CN1CCC(CCNC(=O)C2CCCCC2C(=O)O)CC1. The van der Waals surface area contributed by atoms with Crippen LogP contribution in [0.15, 0.2) is 0 Å². The smallest absolute Gasteiger partial charge is 0.307 e. The Morgan fingerprint density at radius 2 is 1.71 bits per heavy atom. The molecule has 0 aromatic rings. The van der Waals surface area contributed by atoms with Crippen molar-refractivity contribution in [1.82, 2.24) is 10.2 Å². The standard InChI is InChI=1S/C16H28N2O3/c1-18-10-7-12(8-11-18)6-9-17-15(19)13-4-2-3-5-14(13)16(20)21/h12-14H,2-11H2,1H3,(H,17,19)(H,20,21). The zero-order valence-corrected chi connectivity index (χ0v) is 13.0. The Hall–Kier alpha value is -1.10. The lowest BCUT2D eigenvalue weighted by molar-refractivity contribution is -0.148. The molecule has 2 atom stereocenters. The molecule has 5 heteroatoms. The number of amides is 1. The molecule has 2 aliphatic rings. The summed E-state index contributed by atoms with van der Waals surface area (Å²) in [5, 5.41) is 12.2. The second-order valence-corrected chi connectivity index (χ2v) is 6.66. The largest absolute Gasteiger partial charge is 0.481 e. The van der Waals surface area contributed by atoms with E-state index in [9.17, 15) is 14.7 Å². The summed E-state index contributed by atoms with van der Waals surface area (Å²) in [6.07, 6.45) is 6.68. The van der Waals surface area contributed by atoms with Gasteiger partial charge in [-0.15, -0.1) is 0 Å². The monoisotopic (exact) mass is 296 g/mol. The fourth-order valence-electron chi connectivity index (χ4n) is 3.62. The molecule has 1 saturated carbocycles. The summed E-state index contributed by atoms with van der Waals surface area (Å²) in [7, 11) is 2.15. The van der Waals surface area contributed by atoms with Crippen LogP contribution >= 0.6 is 0 Å². The number of piperidine rings is 1. The summed E-state index contributed by atoms with van der Waals surface area (Å²) in [6.45, 7) is 2.97. The molecule has 0 bridgehead atoms. The molecule has 1 aliphatic carbocycles. The van der Waals surface area contributed by atoms with Crippen LogP contribution in [-0.2, 0) is 9.59 Å². The summed E-state index contributed by atoms with van der Waals surface area (Å²) in [4.78, 5) is 25.8. The number of nitrogens with one attached hydrogen (secondary N) is 1. The highest BCUT2D eigenvalue weighted by atomic mass is 16.4. The molecule has 2 N–H and O–H groups in total. The maximum Gasteiger partial charge on any atom is 0.307 e. The van der Waals surface area contributed by atoms with Gasteiger partial charge in [-0.2, -0.15) is 0 Å². The predicted molar refractivity (Wildman–Crippen MR) is 80.9 cm³/mol. The van der Waals surface area contributed by atoms with Gasteiger partial charge in [0.25, 0.3) is 0 Å². The molecule has 1 saturated heterocycles. The van der Waals surface area contributed by atoms with Gasteiger partial charge in [0.1, 0.15) is 0 Å². The summed E-state index contributed by atoms with van der Waals surface area (Å²) >= 11 is 0. The van der Waals surface area contributed by atoms with E-state index in [0.29, 0.717) is 18.9 Å². The number of rotatable bonds is 5. The molecule has 0 radical (unpaired) electrons. The lowest BCUT2D eigenvalue weighted by Gasteiger charge is -2.30. The highest BCUT2D eigenvalue weighted by Crippen LogP contribution is 2.30. The van der Waals surface area contributed by atoms with E-state index in [1.54, 1.807) is 0 Å². The number of hydrogen-bond acceptors (Lipinski definition) is 3. The van der Waals surface area contributed by atoms with Crippen LogP contribution in [-0.4, -0.2) is 48.6 Å². The lowest BCUT2D eigenvalue weighted by atomic mass is 9.78. The number of aliphatic carboxylic acids is 1. The number of carbonyl (C=O) groups excluding carboxylic acids is 1. The van der Waals surface area contributed by atoms with Crippen LogP contribution in [0.5, 0.6) is 0 Å². The normalized spacial score (nSPS) is 28.2. The number of carbonyl (C=O) groups is 2. The second kappa shape index (κ2) is 7.78. The lowest BCUT2D eigenvalue weighted by Crippen LogP contribution is -2.40. The zero-order chi connectivity index (χ0) is 15.2. The Balaban J connectivity index is 1.72. The van der Waals surface area contributed by atoms with E-state index in [2.05, 4.69) is 17.3 Å². The van der Waals surface area contributed by atoms with Crippen LogP contribution in [0, 0.1) is 17.8 Å². The molecule has 1 aliphatic heterocycles. The van der Waals surface area contributed by atoms with E-state index >= 15 is 0 Å². The second-order valence-electron chi connectivity index (χ2n) is 6.66. The third kappa shape index (κ3) is 4.70. The van der Waals surface area contributed by atoms with Crippen molar-refractivity contribution < 1.29 is 14.7 Å². The third-order valence-electron chi connectivity index (χ3n) is 5.11. The van der Waals surface area contributed by atoms with Gasteiger partial charge in [0.15, 0.2) is 0 Å². The molecule has 1 heterocycles. The van der Waals surface area contributed by atoms with E-state index < -0.39 is 11.9 Å². The Morgan fingerprint density at radius 1 is 1.10 bits per heavy atom. The van der Waals surface area contributed by atoms with Gasteiger partial charge in [0.2, 0.25) is 5.91 Å². The first-order valence-electron chi connectivity index (χ1n) is 8.27. The first-order chi connectivity index (χ1) is 10.1. The number of carboxylic acid groups (broad SMARTS) is 1. The van der Waals surface area contributed by atoms with Crippen LogP contribution in [0.1, 0.15) is 44.9 Å². The van der Waals surface area contributed by atoms with E-state index in [1.807, 2.05) is 0 Å². The fraction of sp³-hybridized carbons (Fsp3) is 0.875. The summed E-state index contributed by atoms with van der Waals surface area (Å²) in [5.74, 6) is -0.973. The van der Waals surface area contributed by atoms with Gasteiger partial charge in [-0.05, 0) is 58.2 Å². The molecule has 2 rings (SSSR count). The average molecular weight is 296 g/mol. The van der Waals surface area contributed by atoms with Crippen molar-refractivity contribution in [2.45, 2.75) is 44.9 Å². The quantitative estimate of drug-likeness (QED) is 0.810. The summed E-state index contributed by atoms with van der Waals surface area (Å²) in [6, 6.07) is 0. The molecular formula is C16H28N2O3. The van der Waals surface area contributed by atoms with Crippen molar-refractivity contribution in [2.24, 2.45) is 17.8 Å². The van der Waals surface area contributed by atoms with Gasteiger partial charge in [-0.3, -0.25) is 9.59 Å². The molecule has 1 amide bonds. The molecule has 0 aromatic heterocycles. The van der Waals surface area contributed by atoms with Crippen LogP contribution in [0.2, 0.25) is 0 Å². The Kier molecular flexibility index (Phi) is 6.03. The predicted octanol–water partition coefficient (Wildman–Crippen LogP) is 1.73. The van der Waals surface area contributed by atoms with Crippen LogP contribution in [0.25, 0.3) is 0 Å². The van der Waals surface area contributed by atoms with Crippen molar-refractivity contribution in [1.29, 1.82) is 0 Å². The van der Waals surface area contributed by atoms with Crippen LogP contribution in [0.4, 0.5) is 0 Å². The van der Waals surface area contributed by atoms with Crippen molar-refractivity contribution in [3.05, 3.63) is 0 Å². The topological polar surface area (TPSA) is 69.6 Å². The van der Waals surface area contributed by atoms with Gasteiger partial charge in [-0.1, -0.05) is 12.8 Å². The average Bonchev–Trinajstić information content (AvgIpc) is 2.49. The Bertz CT molecular complexity index is 365. The van der Waals surface area contributed by atoms with Gasteiger partial charge in [0.05, 0.1) is 11.8 Å². The molecule has 0 aromatic carbocycles. The van der Waals surface area contributed by atoms with Crippen molar-refractivity contribution in [2.75, 3.05) is 26.7 Å². The Morgan fingerprint density at radius 3 is 2.33 bits per heavy atom. The van der Waals surface area contributed by atoms with Crippen molar-refractivity contribution in [3.8, 4) is 0 Å². The molecule has 2 fully saturated rings. The fourth-order valence-corrected chi connectivity index (χ4v) is 3.62. The minimum atomic E-state index is -0.815. The molecular weight excluding hydrogens is 268 g/mol. The first-order valence-corrected chi connectivity index (χ1v) is 8.27. The molecule has 5 nitrogen and oxygen atoms in total. The summed E-state index contributed by atoms with van der Waals surface area (Å²) in [5.41, 5.74) is 0. The molecule has 120 valence electrons. The van der Waals surface area contributed by atoms with Crippen molar-refractivity contribution in [3.63, 3.8) is 0 Å². The number of hydrogen-bond donors (Lipinski definition) is 2. The first kappa shape index (κ1) is 16.3. The van der Waals surface area contributed by atoms with Crippen molar-refractivity contribution >= 4 is 11.9 Å². The number of likely N-dealkylation sites (tertiary alicyclic amines) is 1. The highest BCUT2D eigenvalue weighted by Gasteiger charge is 2.35. The van der Waals surface area contributed by atoms with Crippen LogP contribution < -0.4 is 5.32 Å². The minimum absolute atomic E-state index is 0.0463. The Labute approximate surface area is 127 Å². The zero-order valence-electron chi connectivity index (χ0n) is 13.0. The van der Waals surface area contributed by atoms with E-state index in [4.69, 9.17) is 0 Å².